The van der Waals surface area contributed by atoms with Crippen molar-refractivity contribution in [3.05, 3.63) is 84.4 Å². The van der Waals surface area contributed by atoms with E-state index in [9.17, 15) is 9.90 Å². The summed E-state index contributed by atoms with van der Waals surface area (Å²) in [6.07, 6.45) is 4.53. The minimum atomic E-state index is -0.924. The molecule has 0 amide bonds. The zero-order valence-electron chi connectivity index (χ0n) is 17.3. The van der Waals surface area contributed by atoms with Crippen molar-refractivity contribution >= 4 is 11.7 Å². The predicted molar refractivity (Wildman–Crippen MR) is 119 cm³/mol. The van der Waals surface area contributed by atoms with E-state index in [1.165, 1.54) is 0 Å². The summed E-state index contributed by atoms with van der Waals surface area (Å²) in [6.45, 7) is 6.28. The molecule has 3 atom stereocenters. The van der Waals surface area contributed by atoms with Crippen molar-refractivity contribution in [3.8, 4) is 0 Å². The Bertz CT molecular complexity index is 745. The molecule has 29 heavy (non-hydrogen) atoms. The van der Waals surface area contributed by atoms with Gasteiger partial charge < -0.3 is 9.84 Å². The molecule has 0 aliphatic heterocycles. The lowest BCUT2D eigenvalue weighted by atomic mass is 9.87. The molecule has 0 saturated heterocycles. The molecule has 0 aromatic heterocycles. The Kier molecular flexibility index (Phi) is 9.32. The molecule has 0 saturated carbocycles. The van der Waals surface area contributed by atoms with Crippen LogP contribution in [0, 0.1) is 11.8 Å². The van der Waals surface area contributed by atoms with E-state index in [0.717, 1.165) is 30.4 Å². The fourth-order valence-electron chi connectivity index (χ4n) is 3.55. The van der Waals surface area contributed by atoms with Crippen LogP contribution in [0.25, 0.3) is 0 Å². The molecular formula is C25H31NO3. The molecule has 2 aromatic rings. The highest BCUT2D eigenvalue weighted by Gasteiger charge is 2.30. The number of carboxylic acid groups (broad SMARTS) is 1. The van der Waals surface area contributed by atoms with Crippen LogP contribution in [0.4, 0.5) is 0 Å². The maximum absolute atomic E-state index is 12.2. The van der Waals surface area contributed by atoms with E-state index >= 15 is 0 Å². The van der Waals surface area contributed by atoms with Crippen LogP contribution < -0.4 is 0 Å². The number of nitrogens with zero attached hydrogens (tertiary/aromatic N) is 1. The number of benzene rings is 2. The smallest absolute Gasteiger partial charge is 0.328 e. The average molecular weight is 394 g/mol. The zero-order chi connectivity index (χ0) is 21.1. The monoisotopic (exact) mass is 393 g/mol. The molecule has 0 aliphatic carbocycles. The average Bonchev–Trinajstić information content (AvgIpc) is 2.74. The van der Waals surface area contributed by atoms with E-state index < -0.39 is 12.0 Å². The Hall–Kier alpha value is -2.72. The molecule has 0 spiro atoms. The molecule has 3 unspecified atom stereocenters. The first-order valence-electron chi connectivity index (χ1n) is 10.1. The third kappa shape index (κ3) is 6.99. The summed E-state index contributed by atoms with van der Waals surface area (Å²) in [5.41, 5.74) is 2.50. The fraction of sp³-hybridized carbons (Fsp3) is 0.360. The molecule has 0 fully saturated rings. The number of carbonyl (C=O) groups is 1. The number of allylic oxidation sites excluding steroid dienone is 1. The second-order valence-corrected chi connectivity index (χ2v) is 7.42. The number of ether oxygens (including phenoxy) is 1. The molecule has 0 bridgehead atoms. The van der Waals surface area contributed by atoms with Crippen LogP contribution in [0.1, 0.15) is 37.3 Å². The molecule has 4 heteroatoms. The Morgan fingerprint density at radius 2 is 1.66 bits per heavy atom. The van der Waals surface area contributed by atoms with E-state index in [1.807, 2.05) is 66.7 Å². The number of aliphatic carboxylic acids is 1. The second-order valence-electron chi connectivity index (χ2n) is 7.42. The van der Waals surface area contributed by atoms with Gasteiger partial charge in [-0.3, -0.25) is 4.99 Å². The van der Waals surface area contributed by atoms with Crippen molar-refractivity contribution < 1.29 is 14.6 Å². The van der Waals surface area contributed by atoms with Crippen LogP contribution in [0.15, 0.2) is 78.3 Å². The van der Waals surface area contributed by atoms with Crippen LogP contribution in [-0.2, 0) is 9.53 Å². The van der Waals surface area contributed by atoms with Gasteiger partial charge in [-0.1, -0.05) is 73.7 Å². The van der Waals surface area contributed by atoms with Crippen molar-refractivity contribution in [1.82, 2.24) is 0 Å². The van der Waals surface area contributed by atoms with Gasteiger partial charge >= 0.3 is 5.97 Å². The van der Waals surface area contributed by atoms with Gasteiger partial charge in [0.1, 0.15) is 0 Å². The topological polar surface area (TPSA) is 58.9 Å². The number of aliphatic imine (C=N–C) groups is 1. The maximum atomic E-state index is 12.2. The predicted octanol–water partition coefficient (Wildman–Crippen LogP) is 5.23. The van der Waals surface area contributed by atoms with E-state index in [1.54, 1.807) is 7.11 Å². The molecule has 0 heterocycles. The summed E-state index contributed by atoms with van der Waals surface area (Å²) in [5, 5.41) is 10.0. The minimum Gasteiger partial charge on any atom is -0.480 e. The van der Waals surface area contributed by atoms with Gasteiger partial charge in [-0.25, -0.2) is 4.79 Å². The maximum Gasteiger partial charge on any atom is 0.328 e. The Labute approximate surface area is 174 Å². The van der Waals surface area contributed by atoms with Gasteiger partial charge in [0.25, 0.3) is 0 Å². The number of rotatable bonds is 12. The molecule has 0 aliphatic rings. The fourth-order valence-corrected chi connectivity index (χ4v) is 3.55. The molecule has 154 valence electrons. The normalized spacial score (nSPS) is 13.9. The zero-order valence-corrected chi connectivity index (χ0v) is 17.3. The first kappa shape index (κ1) is 22.6. The summed E-state index contributed by atoms with van der Waals surface area (Å²) in [6, 6.07) is 18.6. The van der Waals surface area contributed by atoms with E-state index in [0.29, 0.717) is 18.2 Å². The van der Waals surface area contributed by atoms with Gasteiger partial charge in [0.05, 0.1) is 12.3 Å². The highest BCUT2D eigenvalue weighted by molar-refractivity contribution is 6.13. The summed E-state index contributed by atoms with van der Waals surface area (Å²) >= 11 is 0. The van der Waals surface area contributed by atoms with Crippen LogP contribution in [0.2, 0.25) is 0 Å². The quantitative estimate of drug-likeness (QED) is 0.397. The van der Waals surface area contributed by atoms with Crippen LogP contribution >= 0.6 is 0 Å². The van der Waals surface area contributed by atoms with E-state index in [4.69, 9.17) is 9.73 Å². The van der Waals surface area contributed by atoms with Gasteiger partial charge in [0, 0.05) is 24.2 Å². The van der Waals surface area contributed by atoms with Crippen molar-refractivity contribution in [3.63, 3.8) is 0 Å². The Morgan fingerprint density at radius 3 is 2.10 bits per heavy atom. The highest BCUT2D eigenvalue weighted by atomic mass is 16.5. The number of hydrogen-bond acceptors (Lipinski definition) is 3. The number of carboxylic acids is 1. The lowest BCUT2D eigenvalue weighted by molar-refractivity contribution is -0.140. The molecule has 4 nitrogen and oxygen atoms in total. The largest absolute Gasteiger partial charge is 0.480 e. The first-order chi connectivity index (χ1) is 14.1. The van der Waals surface area contributed by atoms with Crippen LogP contribution in [0.3, 0.4) is 0 Å². The summed E-state index contributed by atoms with van der Waals surface area (Å²) in [7, 11) is 1.61. The van der Waals surface area contributed by atoms with Crippen molar-refractivity contribution in [2.75, 3.05) is 13.7 Å². The lowest BCUT2D eigenvalue weighted by Gasteiger charge is -2.24. The highest BCUT2D eigenvalue weighted by Crippen LogP contribution is 2.24. The summed E-state index contributed by atoms with van der Waals surface area (Å²) < 4.78 is 5.38. The minimum absolute atomic E-state index is 0.209. The third-order valence-corrected chi connectivity index (χ3v) is 5.01. The molecule has 1 N–H and O–H groups in total. The van der Waals surface area contributed by atoms with E-state index in [-0.39, 0.29) is 5.92 Å². The van der Waals surface area contributed by atoms with E-state index in [2.05, 4.69) is 13.5 Å². The second kappa shape index (κ2) is 12.0. The molecular weight excluding hydrogens is 362 g/mol. The van der Waals surface area contributed by atoms with Crippen LogP contribution in [-0.4, -0.2) is 36.5 Å². The Balaban J connectivity index is 2.43. The van der Waals surface area contributed by atoms with Crippen molar-refractivity contribution in [2.24, 2.45) is 16.8 Å². The molecule has 2 rings (SSSR count). The Morgan fingerprint density at radius 1 is 1.10 bits per heavy atom. The summed E-state index contributed by atoms with van der Waals surface area (Å²) in [4.78, 5) is 17.0. The van der Waals surface area contributed by atoms with Crippen LogP contribution in [0.5, 0.6) is 0 Å². The SMILES string of the molecule is C=CCCC(C)CC(COC)C(N=C(c1ccccc1)c1ccccc1)C(=O)O. The number of hydrogen-bond donors (Lipinski definition) is 1. The molecule has 0 radical (unpaired) electrons. The first-order valence-corrected chi connectivity index (χ1v) is 10.1. The van der Waals surface area contributed by atoms with Gasteiger partial charge in [0.15, 0.2) is 6.04 Å². The van der Waals surface area contributed by atoms with Gasteiger partial charge in [-0.05, 0) is 25.2 Å². The van der Waals surface area contributed by atoms with Gasteiger partial charge in [-0.2, -0.15) is 0 Å². The standard InChI is InChI=1S/C25H31NO3/c1-4-5-12-19(2)17-22(18-29-3)24(25(27)28)26-23(20-13-8-6-9-14-20)21-15-10-7-11-16-21/h4,6-11,13-16,19,22,24H,1,5,12,17-18H2,2-3H3,(H,27,28). The molecule has 2 aromatic carbocycles. The summed E-state index contributed by atoms with van der Waals surface area (Å²) in [5.74, 6) is -0.769. The van der Waals surface area contributed by atoms with Gasteiger partial charge in [-0.15, -0.1) is 6.58 Å². The van der Waals surface area contributed by atoms with Crippen molar-refractivity contribution in [2.45, 2.75) is 32.2 Å². The lowest BCUT2D eigenvalue weighted by Crippen LogP contribution is -2.33. The third-order valence-electron chi connectivity index (χ3n) is 5.01. The van der Waals surface area contributed by atoms with Gasteiger partial charge in [0.2, 0.25) is 0 Å². The number of methoxy groups -OCH3 is 1. The van der Waals surface area contributed by atoms with Crippen molar-refractivity contribution in [1.29, 1.82) is 0 Å².